The van der Waals surface area contributed by atoms with E-state index in [2.05, 4.69) is 10.6 Å². The van der Waals surface area contributed by atoms with Gasteiger partial charge < -0.3 is 20.1 Å². The average molecular weight is 296 g/mol. The topological polar surface area (TPSA) is 59.6 Å². The van der Waals surface area contributed by atoms with Gasteiger partial charge in [0.25, 0.3) is 0 Å². The maximum Gasteiger partial charge on any atom is 0.407 e. The van der Waals surface area contributed by atoms with Gasteiger partial charge in [-0.2, -0.15) is 0 Å². The van der Waals surface area contributed by atoms with E-state index < -0.39 is 0 Å². The predicted octanol–water partition coefficient (Wildman–Crippen LogP) is 2.06. The van der Waals surface area contributed by atoms with Crippen LogP contribution in [0.15, 0.2) is 0 Å². The predicted molar refractivity (Wildman–Crippen MR) is 80.2 cm³/mol. The number of carbonyl (C=O) groups excluding carboxylic acids is 1. The van der Waals surface area contributed by atoms with Crippen LogP contribution in [-0.2, 0) is 9.47 Å². The molecule has 1 amide bonds. The number of amides is 1. The summed E-state index contributed by atoms with van der Waals surface area (Å²) in [6.07, 6.45) is 8.17. The van der Waals surface area contributed by atoms with E-state index in [0.29, 0.717) is 12.0 Å². The van der Waals surface area contributed by atoms with Crippen molar-refractivity contribution < 1.29 is 14.3 Å². The van der Waals surface area contributed by atoms with E-state index in [1.54, 1.807) is 0 Å². The lowest BCUT2D eigenvalue weighted by molar-refractivity contribution is -0.0828. The summed E-state index contributed by atoms with van der Waals surface area (Å²) in [5.41, 5.74) is -0.217. The highest BCUT2D eigenvalue weighted by Crippen LogP contribution is 2.40. The Labute approximate surface area is 127 Å². The molecule has 2 saturated heterocycles. The first kappa shape index (κ1) is 15.1. The molecule has 0 aromatic heterocycles. The van der Waals surface area contributed by atoms with E-state index in [-0.39, 0.29) is 11.7 Å². The highest BCUT2D eigenvalue weighted by Gasteiger charge is 2.47. The second-order valence-electron chi connectivity index (χ2n) is 6.90. The van der Waals surface area contributed by atoms with Gasteiger partial charge in [0.05, 0.1) is 6.10 Å². The Morgan fingerprint density at radius 2 is 1.95 bits per heavy atom. The van der Waals surface area contributed by atoms with Gasteiger partial charge in [0.15, 0.2) is 0 Å². The van der Waals surface area contributed by atoms with Crippen LogP contribution in [0.3, 0.4) is 0 Å². The van der Waals surface area contributed by atoms with Crippen LogP contribution in [0, 0.1) is 11.8 Å². The van der Waals surface area contributed by atoms with Crippen molar-refractivity contribution in [1.29, 1.82) is 0 Å². The Balaban J connectivity index is 1.61. The van der Waals surface area contributed by atoms with Gasteiger partial charge in [-0.15, -0.1) is 0 Å². The third-order valence-corrected chi connectivity index (χ3v) is 5.73. The summed E-state index contributed by atoms with van der Waals surface area (Å²) in [5.74, 6) is 1.22. The van der Waals surface area contributed by atoms with Crippen LogP contribution < -0.4 is 10.6 Å². The zero-order valence-electron chi connectivity index (χ0n) is 13.0. The molecule has 1 saturated carbocycles. The largest absolute Gasteiger partial charge is 0.442 e. The van der Waals surface area contributed by atoms with E-state index in [9.17, 15) is 4.79 Å². The van der Waals surface area contributed by atoms with Crippen LogP contribution in [0.5, 0.6) is 0 Å². The second-order valence-corrected chi connectivity index (χ2v) is 6.90. The molecule has 2 heterocycles. The van der Waals surface area contributed by atoms with Crippen molar-refractivity contribution in [2.75, 3.05) is 26.7 Å². The first-order valence-corrected chi connectivity index (χ1v) is 8.42. The van der Waals surface area contributed by atoms with Gasteiger partial charge in [0.1, 0.15) is 5.60 Å². The van der Waals surface area contributed by atoms with Gasteiger partial charge >= 0.3 is 6.09 Å². The van der Waals surface area contributed by atoms with Crippen molar-refractivity contribution in [3.63, 3.8) is 0 Å². The van der Waals surface area contributed by atoms with Gasteiger partial charge in [-0.3, -0.25) is 0 Å². The quantitative estimate of drug-likeness (QED) is 0.837. The van der Waals surface area contributed by atoms with Crippen molar-refractivity contribution >= 4 is 6.09 Å². The van der Waals surface area contributed by atoms with E-state index in [1.807, 2.05) is 7.11 Å². The van der Waals surface area contributed by atoms with Crippen molar-refractivity contribution in [1.82, 2.24) is 10.6 Å². The molecular weight excluding hydrogens is 268 g/mol. The Bertz CT molecular complexity index is 361. The zero-order chi connectivity index (χ0) is 14.7. The number of hydrogen-bond acceptors (Lipinski definition) is 4. The van der Waals surface area contributed by atoms with Crippen LogP contribution >= 0.6 is 0 Å². The van der Waals surface area contributed by atoms with Crippen molar-refractivity contribution in [2.24, 2.45) is 11.8 Å². The van der Waals surface area contributed by atoms with Crippen LogP contribution in [0.2, 0.25) is 0 Å². The highest BCUT2D eigenvalue weighted by atomic mass is 16.6. The molecule has 1 spiro atoms. The fourth-order valence-electron chi connectivity index (χ4n) is 4.36. The number of methoxy groups -OCH3 is 1. The minimum absolute atomic E-state index is 0.217. The molecule has 5 nitrogen and oxygen atoms in total. The van der Waals surface area contributed by atoms with Crippen LogP contribution in [0.1, 0.15) is 44.9 Å². The molecule has 2 aliphatic heterocycles. The van der Waals surface area contributed by atoms with Gasteiger partial charge in [0.2, 0.25) is 0 Å². The second kappa shape index (κ2) is 6.53. The number of nitrogens with one attached hydrogen (secondary N) is 2. The molecule has 3 rings (SSSR count). The lowest BCUT2D eigenvalue weighted by Gasteiger charge is -2.47. The van der Waals surface area contributed by atoms with Crippen LogP contribution in [-0.4, -0.2) is 44.5 Å². The third-order valence-electron chi connectivity index (χ3n) is 5.73. The van der Waals surface area contributed by atoms with E-state index in [1.165, 1.54) is 32.1 Å². The Hall–Kier alpha value is -0.810. The minimum atomic E-state index is -0.226. The molecule has 0 aromatic rings. The summed E-state index contributed by atoms with van der Waals surface area (Å²) in [6, 6.07) is 0. The lowest BCUT2D eigenvalue weighted by Crippen LogP contribution is -2.58. The molecule has 3 fully saturated rings. The summed E-state index contributed by atoms with van der Waals surface area (Å²) in [6.45, 7) is 2.70. The maximum atomic E-state index is 11.7. The van der Waals surface area contributed by atoms with E-state index in [4.69, 9.17) is 9.47 Å². The number of hydrogen-bond donors (Lipinski definition) is 2. The molecule has 3 aliphatic rings. The van der Waals surface area contributed by atoms with Gasteiger partial charge in [0, 0.05) is 32.4 Å². The molecule has 1 atom stereocenters. The summed E-state index contributed by atoms with van der Waals surface area (Å²) in [7, 11) is 1.82. The number of piperidine rings is 1. The number of rotatable bonds is 3. The fourth-order valence-corrected chi connectivity index (χ4v) is 4.36. The Kier molecular flexibility index (Phi) is 4.69. The maximum absolute atomic E-state index is 11.7. The van der Waals surface area contributed by atoms with Gasteiger partial charge in [-0.25, -0.2) is 4.79 Å². The standard InChI is InChI=1S/C16H28N2O3/c1-20-14-4-2-12(3-5-14)10-13-11-18-15(19)21-16(13)6-8-17-9-7-16/h12-14,17H,2-11H2,1H3,(H,18,19). The number of alkyl carbamates (subject to hydrolysis) is 1. The average Bonchev–Trinajstić information content (AvgIpc) is 2.52. The minimum Gasteiger partial charge on any atom is -0.442 e. The highest BCUT2D eigenvalue weighted by molar-refractivity contribution is 5.68. The van der Waals surface area contributed by atoms with E-state index in [0.717, 1.165) is 38.4 Å². The Morgan fingerprint density at radius 3 is 2.62 bits per heavy atom. The SMILES string of the molecule is COC1CCC(CC2CNC(=O)OC23CCNCC3)CC1. The van der Waals surface area contributed by atoms with Crippen molar-refractivity contribution in [3.05, 3.63) is 0 Å². The molecular formula is C16H28N2O3. The van der Waals surface area contributed by atoms with Crippen LogP contribution in [0.25, 0.3) is 0 Å². The zero-order valence-corrected chi connectivity index (χ0v) is 13.0. The van der Waals surface area contributed by atoms with E-state index >= 15 is 0 Å². The van der Waals surface area contributed by atoms with Crippen molar-refractivity contribution in [3.8, 4) is 0 Å². The molecule has 0 aromatic carbocycles. The monoisotopic (exact) mass is 296 g/mol. The molecule has 1 aliphatic carbocycles. The molecule has 120 valence electrons. The molecule has 21 heavy (non-hydrogen) atoms. The lowest BCUT2D eigenvalue weighted by atomic mass is 9.72. The fraction of sp³-hybridized carbons (Fsp3) is 0.938. The number of carbonyl (C=O) groups is 1. The summed E-state index contributed by atoms with van der Waals surface area (Å²) >= 11 is 0. The summed E-state index contributed by atoms with van der Waals surface area (Å²) < 4.78 is 11.3. The molecule has 1 unspecified atom stereocenters. The molecule has 2 N–H and O–H groups in total. The molecule has 0 bridgehead atoms. The normalized spacial score (nSPS) is 36.0. The molecule has 0 radical (unpaired) electrons. The van der Waals surface area contributed by atoms with Gasteiger partial charge in [-0.05, 0) is 51.1 Å². The van der Waals surface area contributed by atoms with Crippen LogP contribution in [0.4, 0.5) is 4.79 Å². The first-order chi connectivity index (χ1) is 10.2. The Morgan fingerprint density at radius 1 is 1.24 bits per heavy atom. The number of ether oxygens (including phenoxy) is 2. The van der Waals surface area contributed by atoms with Crippen molar-refractivity contribution in [2.45, 2.75) is 56.7 Å². The van der Waals surface area contributed by atoms with Gasteiger partial charge in [-0.1, -0.05) is 0 Å². The first-order valence-electron chi connectivity index (χ1n) is 8.42. The third kappa shape index (κ3) is 3.34. The molecule has 5 heteroatoms. The smallest absolute Gasteiger partial charge is 0.407 e. The summed E-state index contributed by atoms with van der Waals surface area (Å²) in [4.78, 5) is 11.7. The summed E-state index contributed by atoms with van der Waals surface area (Å²) in [5, 5.41) is 6.29.